The number of nitriles is 1. The molecule has 0 bridgehead atoms. The summed E-state index contributed by atoms with van der Waals surface area (Å²) in [7, 11) is 0. The summed E-state index contributed by atoms with van der Waals surface area (Å²) >= 11 is 2.45. The number of nitrogens with two attached hydrogens (primary N) is 3. The number of nitrogens with one attached hydrogen (secondary N) is 6. The molecule has 590 valence electrons. The lowest BCUT2D eigenvalue weighted by Crippen LogP contribution is -2.51. The van der Waals surface area contributed by atoms with Crippen molar-refractivity contribution in [1.82, 2.24) is 30.8 Å². The van der Waals surface area contributed by atoms with Gasteiger partial charge < -0.3 is 72.6 Å². The van der Waals surface area contributed by atoms with Crippen molar-refractivity contribution >= 4 is 97.4 Å². The summed E-state index contributed by atoms with van der Waals surface area (Å²) in [6.45, 7) is 22.1. The van der Waals surface area contributed by atoms with Crippen LogP contribution >= 0.6 is 15.9 Å². The molecule has 0 radical (unpaired) electrons. The number of hydrogen-bond donors (Lipinski definition) is 9. The van der Waals surface area contributed by atoms with Crippen molar-refractivity contribution in [2.45, 2.75) is 321 Å². The topological polar surface area (TPSA) is 391 Å². The number of amides is 4. The first-order valence-corrected chi connectivity index (χ1v) is 39.3. The number of nitro benzene ring substituents is 1. The van der Waals surface area contributed by atoms with Crippen LogP contribution in [0.15, 0.2) is 54.6 Å². The van der Waals surface area contributed by atoms with Crippen molar-refractivity contribution in [2.24, 2.45) is 23.5 Å². The Morgan fingerprint density at radius 1 is 0.505 bits per heavy atom. The van der Waals surface area contributed by atoms with Crippen molar-refractivity contribution in [3.05, 3.63) is 81.4 Å². The maximum atomic E-state index is 12.7. The van der Waals surface area contributed by atoms with Gasteiger partial charge in [-0.1, -0.05) is 76.0 Å². The van der Waals surface area contributed by atoms with Crippen molar-refractivity contribution in [2.75, 3.05) is 22.1 Å². The first kappa shape index (κ1) is 86.0. The van der Waals surface area contributed by atoms with Crippen LogP contribution in [0.1, 0.15) is 253 Å². The highest BCUT2D eigenvalue weighted by molar-refractivity contribution is 9.12. The lowest BCUT2D eigenvalue weighted by atomic mass is 9.84. The van der Waals surface area contributed by atoms with Gasteiger partial charge >= 0.3 is 24.4 Å². The van der Waals surface area contributed by atoms with Gasteiger partial charge in [-0.15, -0.1) is 0 Å². The number of imidazole rings is 1. The van der Waals surface area contributed by atoms with Crippen molar-refractivity contribution < 1.29 is 57.4 Å². The number of ether oxygens (including phenoxy) is 4. The average Bonchev–Trinajstić information content (AvgIpc) is 1.70. The molecule has 0 saturated heterocycles. The molecule has 26 nitrogen and oxygen atoms in total. The Morgan fingerprint density at radius 3 is 1.19 bits per heavy atom. The number of carbonyl (C=O) groups is 7. The number of nitrogens with zero attached hydrogens (tertiary/aromatic N) is 4. The molecule has 4 amide bonds. The second kappa shape index (κ2) is 39.2. The predicted molar refractivity (Wildman–Crippen MR) is 420 cm³/mol. The SMILES string of the molecule is CC(C)(C)OC(=O)NC1CC(N)C1.CC(C)(C)OC(=O)NC1CC(Nc2ccc(CC(=O)C3CCCCC3)cc2N)C1.CC(C)(C)OC(=O)NC1CC(Nc2ccc(CC(=O)C3CCCCC3)cc2[N+](=O)[O-])C1.CC(C)(C)OC(=O)NC1CC(n2c(N)nc3cc(CC(=O)C4CCCCC4)ccc32)C1.N#CBr. The zero-order valence-electron chi connectivity index (χ0n) is 65.1. The maximum Gasteiger partial charge on any atom is 0.407 e. The van der Waals surface area contributed by atoms with Gasteiger partial charge in [-0.2, -0.15) is 5.26 Å². The number of carbonyl (C=O) groups excluding carboxylic acids is 7. The van der Waals surface area contributed by atoms with Gasteiger partial charge in [-0.3, -0.25) is 24.5 Å². The van der Waals surface area contributed by atoms with E-state index in [1.54, 1.807) is 17.1 Å². The first-order chi connectivity index (χ1) is 50.3. The number of benzene rings is 3. The third-order valence-electron chi connectivity index (χ3n) is 20.0. The monoisotopic (exact) mass is 1550 g/mol. The highest BCUT2D eigenvalue weighted by Gasteiger charge is 2.38. The predicted octanol–water partition coefficient (Wildman–Crippen LogP) is 15.6. The second-order valence-corrected chi connectivity index (χ2v) is 34.4. The van der Waals surface area contributed by atoms with E-state index >= 15 is 0 Å². The molecule has 1 heterocycles. The number of hydrogen-bond acceptors (Lipinski definition) is 20. The standard InChI is InChI=1S/C24H34N4O3.C23H33N3O5.C23H35N3O3.C9H18N2O2.CBrN/c1-24(2,3)31-23(30)26-17-13-18(14-17)28-20-10-9-15(11-19(20)27-22(28)25)12-21(29)16-7-5-4-6-8-16;1-23(2,3)31-22(28)25-18-13-17(14-18)24-19-10-9-15(11-20(19)26(29)30)12-21(27)16-7-5-4-6-8-16;1-23(2,3)29-22(28)26-18-13-17(14-18)25-20-10-9-15(11-19(20)24)12-21(27)16-7-5-4-6-8-16;1-9(2,3)13-8(12)11-7-4-6(10)5-7;2-1-3/h9-11,16-18H,4-8,12-14H2,1-3H3,(H2,25,27)(H,26,30);9-11,16-18,24H,4-8,12-14H2,1-3H3,(H,25,28);9-11,16-18,25H,4-8,12-14,24H2,1-3H3,(H,26,28);6-7H,4-5,10H2,1-3H3,(H,11,12);. The molecule has 7 saturated carbocycles. The van der Waals surface area contributed by atoms with E-state index in [2.05, 4.69) is 57.4 Å². The molecule has 107 heavy (non-hydrogen) atoms. The summed E-state index contributed by atoms with van der Waals surface area (Å²) in [5.41, 5.74) is 22.5. The van der Waals surface area contributed by atoms with E-state index in [1.165, 1.54) is 51.0 Å². The molecule has 7 aliphatic carbocycles. The number of nitro groups is 1. The summed E-state index contributed by atoms with van der Waals surface area (Å²) in [6, 6.07) is 18.1. The number of anilines is 4. The molecule has 12 N–H and O–H groups in total. The molecule has 7 fully saturated rings. The number of nitrogen functional groups attached to an aromatic ring is 2. The van der Waals surface area contributed by atoms with Gasteiger partial charge in [0, 0.05) is 107 Å². The number of halogens is 1. The molecular formula is C80H120BrN13O13. The van der Waals surface area contributed by atoms with Gasteiger partial charge in [0.25, 0.3) is 5.69 Å². The summed E-state index contributed by atoms with van der Waals surface area (Å²) in [5, 5.41) is 36.9. The molecule has 1 aromatic heterocycles. The van der Waals surface area contributed by atoms with Crippen molar-refractivity contribution in [1.29, 1.82) is 5.26 Å². The fourth-order valence-electron chi connectivity index (χ4n) is 14.5. The van der Waals surface area contributed by atoms with Crippen molar-refractivity contribution in [3.63, 3.8) is 0 Å². The molecule has 4 aromatic rings. The van der Waals surface area contributed by atoms with Crippen LogP contribution in [0.25, 0.3) is 11.0 Å². The molecule has 0 aliphatic heterocycles. The van der Waals surface area contributed by atoms with Gasteiger partial charge in [0.1, 0.15) is 50.4 Å². The van der Waals surface area contributed by atoms with E-state index in [-0.39, 0.29) is 102 Å². The minimum absolute atomic E-state index is 0.0150. The molecule has 0 spiro atoms. The largest absolute Gasteiger partial charge is 0.444 e. The van der Waals surface area contributed by atoms with Crippen molar-refractivity contribution in [3.8, 4) is 4.98 Å². The van der Waals surface area contributed by atoms with E-state index in [4.69, 9.17) is 41.4 Å². The Kier molecular flexibility index (Phi) is 31.5. The summed E-state index contributed by atoms with van der Waals surface area (Å²) < 4.78 is 23.0. The summed E-state index contributed by atoms with van der Waals surface area (Å²) in [6.07, 6.45) is 22.5. The third-order valence-corrected chi connectivity index (χ3v) is 20.0. The Balaban J connectivity index is 0.000000203. The Hall–Kier alpha value is -8.25. The molecular weight excluding hydrogens is 1430 g/mol. The highest BCUT2D eigenvalue weighted by atomic mass is 79.9. The first-order valence-electron chi connectivity index (χ1n) is 38.5. The van der Waals surface area contributed by atoms with Crippen LogP contribution in [0.5, 0.6) is 0 Å². The molecule has 0 atom stereocenters. The van der Waals surface area contributed by atoms with Crippen LogP contribution in [0.4, 0.5) is 47.9 Å². The van der Waals surface area contributed by atoms with Crippen LogP contribution in [0.3, 0.4) is 0 Å². The van der Waals surface area contributed by atoms with Gasteiger partial charge in [0.15, 0.2) is 0 Å². The number of ketones is 3. The van der Waals surface area contributed by atoms with Crippen LogP contribution in [-0.2, 0) is 52.6 Å². The molecule has 3 aromatic carbocycles. The quantitative estimate of drug-likeness (QED) is 0.0182. The maximum absolute atomic E-state index is 12.7. The highest BCUT2D eigenvalue weighted by Crippen LogP contribution is 2.39. The molecule has 27 heteroatoms. The van der Waals surface area contributed by atoms with Crippen LogP contribution in [0, 0.1) is 38.1 Å². The van der Waals surface area contributed by atoms with Gasteiger partial charge in [0.05, 0.1) is 27.3 Å². The number of fused-ring (bicyclic) bond motifs is 1. The number of alkyl carbamates (subject to hydrolysis) is 4. The third kappa shape index (κ3) is 29.3. The Bertz CT molecular complexity index is 3700. The normalized spacial score (nSPS) is 22.2. The fourth-order valence-corrected chi connectivity index (χ4v) is 14.5. The summed E-state index contributed by atoms with van der Waals surface area (Å²) in [5.74, 6) is 1.90. The number of aromatic nitrogens is 2. The summed E-state index contributed by atoms with van der Waals surface area (Å²) in [4.78, 5) is 102. The minimum atomic E-state index is -0.549. The van der Waals surface area contributed by atoms with E-state index < -0.39 is 33.4 Å². The zero-order chi connectivity index (χ0) is 78.6. The molecule has 0 unspecified atom stereocenters. The van der Waals surface area contributed by atoms with E-state index in [0.717, 1.165) is 118 Å². The Morgan fingerprint density at radius 2 is 0.832 bits per heavy atom. The molecule has 7 aliphatic rings. The van der Waals surface area contributed by atoms with Gasteiger partial charge in [-0.05, 0) is 220 Å². The van der Waals surface area contributed by atoms with Crippen LogP contribution in [-0.4, -0.2) is 121 Å². The van der Waals surface area contributed by atoms with E-state index in [0.29, 0.717) is 60.1 Å². The van der Waals surface area contributed by atoms with Crippen LogP contribution < -0.4 is 49.1 Å². The molecule has 11 rings (SSSR count). The van der Waals surface area contributed by atoms with E-state index in [1.807, 2.05) is 119 Å². The van der Waals surface area contributed by atoms with Gasteiger partial charge in [-0.25, -0.2) is 24.2 Å². The van der Waals surface area contributed by atoms with Gasteiger partial charge in [0.2, 0.25) is 5.95 Å². The minimum Gasteiger partial charge on any atom is -0.444 e. The smallest absolute Gasteiger partial charge is 0.407 e. The fraction of sp³-hybridized carbons (Fsp3) is 0.662. The Labute approximate surface area is 640 Å². The zero-order valence-corrected chi connectivity index (χ0v) is 66.7. The second-order valence-electron chi connectivity index (χ2n) is 34.1. The van der Waals surface area contributed by atoms with Crippen LogP contribution in [0.2, 0.25) is 0 Å². The number of rotatable bonds is 19. The average molecular weight is 1550 g/mol. The number of Topliss-reactive ketones (excluding diaryl/α,β-unsaturated/α-hetero) is 3. The lowest BCUT2D eigenvalue weighted by Gasteiger charge is -2.37. The lowest BCUT2D eigenvalue weighted by molar-refractivity contribution is -0.384. The van der Waals surface area contributed by atoms with E-state index in [9.17, 15) is 43.7 Å².